The molecule has 0 aliphatic rings. The summed E-state index contributed by atoms with van der Waals surface area (Å²) in [6.07, 6.45) is 0. The Morgan fingerprint density at radius 1 is 1.24 bits per heavy atom. The van der Waals surface area contributed by atoms with Gasteiger partial charge < -0.3 is 0 Å². The average molecular weight is 312 g/mol. The third kappa shape index (κ3) is 2.53. The van der Waals surface area contributed by atoms with Crippen LogP contribution < -0.4 is 0 Å². The highest BCUT2D eigenvalue weighted by Crippen LogP contribution is 2.22. The Labute approximate surface area is 112 Å². The minimum absolute atomic E-state index is 0.166. The number of rotatable bonds is 2. The normalized spacial score (nSPS) is 10.3. The zero-order chi connectivity index (χ0) is 12.4. The molecule has 1 aromatic carbocycles. The van der Waals surface area contributed by atoms with Gasteiger partial charge >= 0.3 is 0 Å². The van der Waals surface area contributed by atoms with Crippen LogP contribution in [0.15, 0.2) is 34.9 Å². The van der Waals surface area contributed by atoms with Gasteiger partial charge in [-0.05, 0) is 41.1 Å². The Morgan fingerprint density at radius 2 is 1.94 bits per heavy atom. The van der Waals surface area contributed by atoms with Gasteiger partial charge in [-0.25, -0.2) is 0 Å². The summed E-state index contributed by atoms with van der Waals surface area (Å²) in [5, 5.41) is 8.14. The molecule has 0 fully saturated rings. The number of ketones is 1. The molecule has 0 aliphatic heterocycles. The van der Waals surface area contributed by atoms with Gasteiger partial charge in [-0.15, -0.1) is 5.10 Å². The maximum atomic E-state index is 12.3. The molecule has 86 valence electrons. The van der Waals surface area contributed by atoms with E-state index in [1.54, 1.807) is 37.3 Å². The molecule has 0 aliphatic carbocycles. The van der Waals surface area contributed by atoms with E-state index in [9.17, 15) is 4.79 Å². The highest BCUT2D eigenvalue weighted by Gasteiger charge is 2.16. The predicted octanol–water partition coefficient (Wildman–Crippen LogP) is 3.43. The largest absolute Gasteiger partial charge is 0.288 e. The molecule has 0 saturated carbocycles. The minimum atomic E-state index is -0.166. The molecule has 1 aromatic heterocycles. The topological polar surface area (TPSA) is 42.9 Å². The number of hydrogen-bond acceptors (Lipinski definition) is 3. The van der Waals surface area contributed by atoms with E-state index in [-0.39, 0.29) is 5.78 Å². The van der Waals surface area contributed by atoms with Gasteiger partial charge in [-0.1, -0.05) is 23.7 Å². The second-order valence-electron chi connectivity index (χ2n) is 3.50. The first kappa shape index (κ1) is 12.2. The monoisotopic (exact) mass is 310 g/mol. The summed E-state index contributed by atoms with van der Waals surface area (Å²) < 4.78 is 0.424. The van der Waals surface area contributed by atoms with Crippen molar-refractivity contribution < 1.29 is 4.79 Å². The van der Waals surface area contributed by atoms with Crippen molar-refractivity contribution in [2.45, 2.75) is 6.92 Å². The molecule has 5 heteroatoms. The number of carbonyl (C=O) groups excluding carboxylic acids is 1. The molecule has 3 nitrogen and oxygen atoms in total. The smallest absolute Gasteiger partial charge is 0.197 e. The van der Waals surface area contributed by atoms with E-state index < -0.39 is 0 Å². The summed E-state index contributed by atoms with van der Waals surface area (Å²) >= 11 is 9.20. The number of benzene rings is 1. The van der Waals surface area contributed by atoms with Crippen molar-refractivity contribution in [1.29, 1.82) is 0 Å². The van der Waals surface area contributed by atoms with Crippen molar-refractivity contribution in [3.05, 3.63) is 56.8 Å². The number of carbonyl (C=O) groups is 1. The lowest BCUT2D eigenvalue weighted by atomic mass is 10.1. The summed E-state index contributed by atoms with van der Waals surface area (Å²) in [6, 6.07) is 8.61. The van der Waals surface area contributed by atoms with Crippen molar-refractivity contribution in [3.8, 4) is 0 Å². The van der Waals surface area contributed by atoms with Crippen molar-refractivity contribution >= 4 is 33.3 Å². The lowest BCUT2D eigenvalue weighted by Gasteiger charge is -2.05. The van der Waals surface area contributed by atoms with E-state index in [4.69, 9.17) is 11.6 Å². The van der Waals surface area contributed by atoms with Gasteiger partial charge in [0.1, 0.15) is 4.60 Å². The van der Waals surface area contributed by atoms with Gasteiger partial charge in [-0.2, -0.15) is 5.10 Å². The molecule has 0 saturated heterocycles. The Morgan fingerprint density at radius 3 is 2.65 bits per heavy atom. The van der Waals surface area contributed by atoms with Crippen LogP contribution in [-0.2, 0) is 0 Å². The van der Waals surface area contributed by atoms with E-state index in [1.807, 2.05) is 0 Å². The predicted molar refractivity (Wildman–Crippen MR) is 69.4 cm³/mol. The van der Waals surface area contributed by atoms with E-state index >= 15 is 0 Å². The molecule has 2 aromatic rings. The Balaban J connectivity index is 2.51. The van der Waals surface area contributed by atoms with Gasteiger partial charge in [0.2, 0.25) is 0 Å². The van der Waals surface area contributed by atoms with Crippen LogP contribution in [0, 0.1) is 6.92 Å². The molecule has 0 spiro atoms. The van der Waals surface area contributed by atoms with Gasteiger partial charge in [-0.3, -0.25) is 4.79 Å². The molecular formula is C12H8BrClN2O. The van der Waals surface area contributed by atoms with Crippen molar-refractivity contribution in [2.75, 3.05) is 0 Å². The summed E-state index contributed by atoms with van der Waals surface area (Å²) in [6.45, 7) is 1.78. The van der Waals surface area contributed by atoms with E-state index in [0.717, 1.165) is 0 Å². The minimum Gasteiger partial charge on any atom is -0.288 e. The zero-order valence-electron chi connectivity index (χ0n) is 8.95. The van der Waals surface area contributed by atoms with E-state index in [2.05, 4.69) is 26.1 Å². The van der Waals surface area contributed by atoms with Gasteiger partial charge in [0, 0.05) is 5.56 Å². The number of aromatic nitrogens is 2. The van der Waals surface area contributed by atoms with Crippen LogP contribution in [-0.4, -0.2) is 16.0 Å². The van der Waals surface area contributed by atoms with Crippen LogP contribution in [0.25, 0.3) is 0 Å². The third-order valence-corrected chi connectivity index (χ3v) is 3.15. The number of hydrogen-bond donors (Lipinski definition) is 0. The second kappa shape index (κ2) is 4.94. The van der Waals surface area contributed by atoms with Crippen molar-refractivity contribution in [3.63, 3.8) is 0 Å². The maximum absolute atomic E-state index is 12.3. The van der Waals surface area contributed by atoms with Crippen LogP contribution in [0.4, 0.5) is 0 Å². The molecule has 0 atom stereocenters. The van der Waals surface area contributed by atoms with Crippen LogP contribution >= 0.6 is 27.5 Å². The molecule has 0 bridgehead atoms. The highest BCUT2D eigenvalue weighted by molar-refractivity contribution is 9.10. The summed E-state index contributed by atoms with van der Waals surface area (Å²) in [4.78, 5) is 12.3. The Bertz CT molecular complexity index is 586. The fraction of sp³-hybridized carbons (Fsp3) is 0.0833. The molecule has 0 N–H and O–H groups in total. The Kier molecular flexibility index (Phi) is 3.54. The first-order valence-electron chi connectivity index (χ1n) is 4.88. The van der Waals surface area contributed by atoms with E-state index in [1.165, 1.54) is 0 Å². The average Bonchev–Trinajstić information content (AvgIpc) is 2.32. The molecular weight excluding hydrogens is 304 g/mol. The summed E-state index contributed by atoms with van der Waals surface area (Å²) in [7, 11) is 0. The number of nitrogens with zero attached hydrogens (tertiary/aromatic N) is 2. The van der Waals surface area contributed by atoms with Crippen molar-refractivity contribution in [1.82, 2.24) is 10.2 Å². The van der Waals surface area contributed by atoms with Gasteiger partial charge in [0.25, 0.3) is 0 Å². The van der Waals surface area contributed by atoms with Gasteiger partial charge in [0.05, 0.1) is 16.3 Å². The number of aryl methyl sites for hydroxylation is 1. The third-order valence-electron chi connectivity index (χ3n) is 2.23. The summed E-state index contributed by atoms with van der Waals surface area (Å²) in [5.41, 5.74) is 1.61. The number of halogens is 2. The maximum Gasteiger partial charge on any atom is 0.197 e. The lowest BCUT2D eigenvalue weighted by Crippen LogP contribution is -2.06. The quantitative estimate of drug-likeness (QED) is 0.798. The van der Waals surface area contributed by atoms with Crippen LogP contribution in [0.3, 0.4) is 0 Å². The SMILES string of the molecule is Cc1cc(C(=O)c2ccccc2Cl)c(Br)nn1. The summed E-state index contributed by atoms with van der Waals surface area (Å²) in [5.74, 6) is -0.166. The van der Waals surface area contributed by atoms with E-state index in [0.29, 0.717) is 26.4 Å². The molecule has 2 rings (SSSR count). The van der Waals surface area contributed by atoms with Crippen LogP contribution in [0.1, 0.15) is 21.6 Å². The lowest BCUT2D eigenvalue weighted by molar-refractivity contribution is 0.103. The molecule has 0 unspecified atom stereocenters. The van der Waals surface area contributed by atoms with Gasteiger partial charge in [0.15, 0.2) is 5.78 Å². The second-order valence-corrected chi connectivity index (χ2v) is 4.66. The highest BCUT2D eigenvalue weighted by atomic mass is 79.9. The standard InChI is InChI=1S/C12H8BrClN2O/c1-7-6-9(12(13)16-15-7)11(17)8-4-2-3-5-10(8)14/h2-6H,1H3. The fourth-order valence-electron chi connectivity index (χ4n) is 1.42. The van der Waals surface area contributed by atoms with Crippen LogP contribution in [0.2, 0.25) is 5.02 Å². The molecule has 1 heterocycles. The van der Waals surface area contributed by atoms with Crippen molar-refractivity contribution in [2.24, 2.45) is 0 Å². The fourth-order valence-corrected chi connectivity index (χ4v) is 2.02. The molecule has 0 amide bonds. The zero-order valence-corrected chi connectivity index (χ0v) is 11.3. The first-order valence-corrected chi connectivity index (χ1v) is 6.05. The molecule has 0 radical (unpaired) electrons. The Hall–Kier alpha value is -1.26. The molecule has 17 heavy (non-hydrogen) atoms. The van der Waals surface area contributed by atoms with Crippen LogP contribution in [0.5, 0.6) is 0 Å². The first-order chi connectivity index (χ1) is 8.09.